The smallest absolute Gasteiger partial charge is 0.179 e. The van der Waals surface area contributed by atoms with E-state index in [2.05, 4.69) is 5.32 Å². The molecule has 1 rings (SSSR count). The summed E-state index contributed by atoms with van der Waals surface area (Å²) in [7, 11) is 3.13. The number of hydrogen-bond acceptors (Lipinski definition) is 5. The van der Waals surface area contributed by atoms with Crippen LogP contribution in [-0.2, 0) is 11.3 Å². The summed E-state index contributed by atoms with van der Waals surface area (Å²) in [6.45, 7) is 2.32. The molecule has 116 valence electrons. The van der Waals surface area contributed by atoms with E-state index in [-0.39, 0.29) is 19.0 Å². The fraction of sp³-hybridized carbons (Fsp3) is 0.538. The van der Waals surface area contributed by atoms with Gasteiger partial charge in [-0.05, 0) is 17.7 Å². The van der Waals surface area contributed by atoms with E-state index in [1.165, 1.54) is 0 Å². The quantitative estimate of drug-likeness (QED) is 0.539. The second-order valence-corrected chi connectivity index (χ2v) is 4.23. The fourth-order valence-electron chi connectivity index (χ4n) is 1.62. The van der Waals surface area contributed by atoms with Gasteiger partial charge in [0.05, 0.1) is 39.1 Å². The Hall–Kier alpha value is -0.720. The lowest BCUT2D eigenvalue weighted by Gasteiger charge is -2.12. The van der Waals surface area contributed by atoms with E-state index in [1.54, 1.807) is 14.2 Å². The van der Waals surface area contributed by atoms with Crippen LogP contribution < -0.4 is 27.2 Å². The van der Waals surface area contributed by atoms with Gasteiger partial charge in [-0.15, -0.1) is 0 Å². The normalized spacial score (nSPS) is 10.0. The van der Waals surface area contributed by atoms with E-state index in [0.29, 0.717) is 42.8 Å². The number of benzene rings is 1. The van der Waals surface area contributed by atoms with Gasteiger partial charge in [-0.2, -0.15) is 0 Å². The van der Waals surface area contributed by atoms with Gasteiger partial charge in [0, 0.05) is 13.1 Å². The number of hydrogen-bond donors (Lipinski definition) is 2. The Balaban J connectivity index is 0.00000361. The Morgan fingerprint density at radius 2 is 1.95 bits per heavy atom. The van der Waals surface area contributed by atoms with Gasteiger partial charge in [0.2, 0.25) is 0 Å². The molecule has 0 saturated heterocycles. The first-order valence-electron chi connectivity index (χ1n) is 6.02. The monoisotopic (exact) mass is 324 g/mol. The van der Waals surface area contributed by atoms with Gasteiger partial charge >= 0.3 is 0 Å². The van der Waals surface area contributed by atoms with E-state index in [1.807, 2.05) is 12.1 Å². The molecule has 0 bridgehead atoms. The molecule has 0 spiro atoms. The average molecular weight is 325 g/mol. The van der Waals surface area contributed by atoms with Crippen LogP contribution in [0.4, 0.5) is 0 Å². The third-order valence-corrected chi connectivity index (χ3v) is 2.76. The van der Waals surface area contributed by atoms with Crippen molar-refractivity contribution in [3.63, 3.8) is 0 Å². The van der Waals surface area contributed by atoms with Crippen molar-refractivity contribution in [2.75, 3.05) is 40.6 Å². The van der Waals surface area contributed by atoms with Crippen molar-refractivity contribution in [1.29, 1.82) is 0 Å². The summed E-state index contributed by atoms with van der Waals surface area (Å²) in [6, 6.07) is 3.72. The number of aliphatic hydroxyl groups excluding tert-OH is 1. The van der Waals surface area contributed by atoms with Gasteiger partial charge < -0.3 is 37.0 Å². The van der Waals surface area contributed by atoms with Crippen LogP contribution in [0.15, 0.2) is 12.1 Å². The van der Waals surface area contributed by atoms with Crippen LogP contribution in [0.2, 0.25) is 5.02 Å². The highest BCUT2D eigenvalue weighted by Gasteiger charge is 2.10. The molecule has 0 aliphatic heterocycles. The van der Waals surface area contributed by atoms with Gasteiger partial charge in [-0.25, -0.2) is 0 Å². The van der Waals surface area contributed by atoms with Gasteiger partial charge in [0.15, 0.2) is 11.5 Å². The third kappa shape index (κ3) is 6.15. The predicted molar refractivity (Wildman–Crippen MR) is 74.2 cm³/mol. The SMILES string of the molecule is COc1cc(CNCCOCCO)cc(Cl)c1OC.[Cl-]. The molecule has 0 fully saturated rings. The molecule has 0 amide bonds. The van der Waals surface area contributed by atoms with Crippen molar-refractivity contribution in [3.05, 3.63) is 22.7 Å². The highest BCUT2D eigenvalue weighted by Crippen LogP contribution is 2.35. The molecule has 0 unspecified atom stereocenters. The minimum Gasteiger partial charge on any atom is -1.00 e. The van der Waals surface area contributed by atoms with E-state index >= 15 is 0 Å². The molecule has 0 radical (unpaired) electrons. The molecule has 5 nitrogen and oxygen atoms in total. The summed E-state index contributed by atoms with van der Waals surface area (Å²) in [6.07, 6.45) is 0. The van der Waals surface area contributed by atoms with Gasteiger partial charge in [0.25, 0.3) is 0 Å². The first-order chi connectivity index (χ1) is 9.22. The molecule has 0 aliphatic rings. The summed E-state index contributed by atoms with van der Waals surface area (Å²) in [5.74, 6) is 1.16. The molecule has 0 atom stereocenters. The van der Waals surface area contributed by atoms with Crippen LogP contribution in [0.1, 0.15) is 5.56 Å². The number of methoxy groups -OCH3 is 2. The van der Waals surface area contributed by atoms with Crippen molar-refractivity contribution in [3.8, 4) is 11.5 Å². The molecule has 0 aliphatic carbocycles. The molecule has 0 aromatic heterocycles. The highest BCUT2D eigenvalue weighted by molar-refractivity contribution is 6.32. The number of halogens is 2. The van der Waals surface area contributed by atoms with Crippen LogP contribution in [0, 0.1) is 0 Å². The van der Waals surface area contributed by atoms with E-state index in [0.717, 1.165) is 5.56 Å². The Bertz CT molecular complexity index is 391. The third-order valence-electron chi connectivity index (χ3n) is 2.48. The molecular weight excluding hydrogens is 305 g/mol. The Morgan fingerprint density at radius 1 is 1.20 bits per heavy atom. The summed E-state index contributed by atoms with van der Waals surface area (Å²) in [5, 5.41) is 12.3. The van der Waals surface area contributed by atoms with Gasteiger partial charge in [0.1, 0.15) is 0 Å². The lowest BCUT2D eigenvalue weighted by atomic mass is 10.2. The van der Waals surface area contributed by atoms with Crippen LogP contribution in [0.25, 0.3) is 0 Å². The van der Waals surface area contributed by atoms with Crippen molar-refractivity contribution in [1.82, 2.24) is 5.32 Å². The lowest BCUT2D eigenvalue weighted by Crippen LogP contribution is -3.00. The van der Waals surface area contributed by atoms with E-state index in [4.69, 9.17) is 30.9 Å². The molecule has 0 heterocycles. The Morgan fingerprint density at radius 3 is 2.55 bits per heavy atom. The van der Waals surface area contributed by atoms with Crippen molar-refractivity contribution in [2.24, 2.45) is 0 Å². The first-order valence-corrected chi connectivity index (χ1v) is 6.40. The number of rotatable bonds is 9. The molecule has 7 heteroatoms. The second kappa shape index (κ2) is 11.0. The molecule has 20 heavy (non-hydrogen) atoms. The number of nitrogens with one attached hydrogen (secondary N) is 1. The maximum Gasteiger partial charge on any atom is 0.179 e. The van der Waals surface area contributed by atoms with E-state index in [9.17, 15) is 0 Å². The summed E-state index contributed by atoms with van der Waals surface area (Å²) in [5.41, 5.74) is 1.00. The summed E-state index contributed by atoms with van der Waals surface area (Å²) < 4.78 is 15.5. The van der Waals surface area contributed by atoms with Crippen LogP contribution in [-0.4, -0.2) is 45.7 Å². The first kappa shape index (κ1) is 19.3. The van der Waals surface area contributed by atoms with Crippen LogP contribution in [0.3, 0.4) is 0 Å². The average Bonchev–Trinajstić information content (AvgIpc) is 2.42. The molecule has 2 N–H and O–H groups in total. The standard InChI is InChI=1S/C13H20ClNO4.ClH/c1-17-12-8-10(7-11(14)13(12)18-2)9-15-3-5-19-6-4-16;/h7-8,15-16H,3-6,9H2,1-2H3;1H/p-1. The number of aliphatic hydroxyl groups is 1. The van der Waals surface area contributed by atoms with E-state index < -0.39 is 0 Å². The fourth-order valence-corrected chi connectivity index (χ4v) is 1.93. The Kier molecular flexibility index (Phi) is 10.6. The van der Waals surface area contributed by atoms with Crippen molar-refractivity contribution >= 4 is 11.6 Å². The molecular formula is C13H20Cl2NO4-. The zero-order valence-corrected chi connectivity index (χ0v) is 13.1. The minimum atomic E-state index is 0. The topological polar surface area (TPSA) is 60.0 Å². The molecule has 1 aromatic carbocycles. The summed E-state index contributed by atoms with van der Waals surface area (Å²) >= 11 is 6.11. The minimum absolute atomic E-state index is 0. The molecule has 1 aromatic rings. The van der Waals surface area contributed by atoms with Crippen molar-refractivity contribution < 1.29 is 31.7 Å². The second-order valence-electron chi connectivity index (χ2n) is 3.83. The van der Waals surface area contributed by atoms with Crippen LogP contribution in [0.5, 0.6) is 11.5 Å². The van der Waals surface area contributed by atoms with Gasteiger partial charge in [-0.1, -0.05) is 11.6 Å². The zero-order valence-electron chi connectivity index (χ0n) is 11.6. The largest absolute Gasteiger partial charge is 1.00 e. The number of ether oxygens (including phenoxy) is 3. The zero-order chi connectivity index (χ0) is 14.1. The van der Waals surface area contributed by atoms with Gasteiger partial charge in [-0.3, -0.25) is 0 Å². The molecule has 0 saturated carbocycles. The Labute approximate surface area is 130 Å². The lowest BCUT2D eigenvalue weighted by molar-refractivity contribution is -0.00000560. The maximum atomic E-state index is 8.55. The van der Waals surface area contributed by atoms with Crippen molar-refractivity contribution in [2.45, 2.75) is 6.54 Å². The predicted octanol–water partition coefficient (Wildman–Crippen LogP) is -1.54. The highest BCUT2D eigenvalue weighted by atomic mass is 35.5. The maximum absolute atomic E-state index is 8.55. The summed E-state index contributed by atoms with van der Waals surface area (Å²) in [4.78, 5) is 0. The van der Waals surface area contributed by atoms with Crippen LogP contribution >= 0.6 is 11.6 Å².